The molecule has 26 heavy (non-hydrogen) atoms. The third kappa shape index (κ3) is 4.82. The number of amides is 1. The highest BCUT2D eigenvalue weighted by Crippen LogP contribution is 2.30. The molecule has 0 bridgehead atoms. The number of hydrogen-bond acceptors (Lipinski definition) is 6. The molecule has 8 heteroatoms. The Balaban J connectivity index is 1.65. The number of rotatable bonds is 5. The van der Waals surface area contributed by atoms with Gasteiger partial charge in [0, 0.05) is 0 Å². The summed E-state index contributed by atoms with van der Waals surface area (Å²) in [5.41, 5.74) is 0.439. The molecule has 2 fully saturated rings. The van der Waals surface area contributed by atoms with Crippen LogP contribution in [0.15, 0.2) is 30.3 Å². The Morgan fingerprint density at radius 2 is 1.88 bits per heavy atom. The summed E-state index contributed by atoms with van der Waals surface area (Å²) >= 11 is 0. The van der Waals surface area contributed by atoms with E-state index in [1.807, 2.05) is 44.2 Å². The van der Waals surface area contributed by atoms with Crippen LogP contribution in [0.2, 0.25) is 0 Å². The second-order valence-corrected chi connectivity index (χ2v) is 9.05. The van der Waals surface area contributed by atoms with Crippen molar-refractivity contribution in [2.75, 3.05) is 19.0 Å². The maximum Gasteiger partial charge on any atom is 0.265 e. The summed E-state index contributed by atoms with van der Waals surface area (Å²) in [6, 6.07) is 9.16. The highest BCUT2D eigenvalue weighted by atomic mass is 32.2. The third-order valence-electron chi connectivity index (χ3n) is 4.56. The average Bonchev–Trinajstić information content (AvgIpc) is 2.93. The minimum atomic E-state index is -3.83. The second kappa shape index (κ2) is 7.64. The van der Waals surface area contributed by atoms with Gasteiger partial charge in [0.15, 0.2) is 6.10 Å². The van der Waals surface area contributed by atoms with Crippen LogP contribution in [0.25, 0.3) is 0 Å². The van der Waals surface area contributed by atoms with Crippen molar-refractivity contribution < 1.29 is 27.4 Å². The smallest absolute Gasteiger partial charge is 0.265 e. The first-order chi connectivity index (χ1) is 12.3. The van der Waals surface area contributed by atoms with Crippen LogP contribution in [0, 0.1) is 0 Å². The van der Waals surface area contributed by atoms with Gasteiger partial charge in [-0.05, 0) is 32.3 Å². The molecule has 2 saturated heterocycles. The molecule has 3 atom stereocenters. The lowest BCUT2D eigenvalue weighted by atomic mass is 10.0. The standard InChI is InChI=1S/C18H25NO6S/c1-18(2)9-8-14(25-18)12-26(21,22)19-17(20)16-15(23-10-11-24-16)13-6-4-3-5-7-13/h3-7,14-16H,8-12H2,1-2H3,(H,19,20)/t14?,15-,16-/m1/s1. The predicted octanol–water partition coefficient (Wildman–Crippen LogP) is 1.55. The number of hydrogen-bond donors (Lipinski definition) is 1. The topological polar surface area (TPSA) is 90.9 Å². The minimum Gasteiger partial charge on any atom is -0.371 e. The summed E-state index contributed by atoms with van der Waals surface area (Å²) in [5.74, 6) is -0.957. The predicted molar refractivity (Wildman–Crippen MR) is 95.0 cm³/mol. The molecule has 0 aliphatic carbocycles. The van der Waals surface area contributed by atoms with Crippen molar-refractivity contribution in [1.82, 2.24) is 4.72 Å². The van der Waals surface area contributed by atoms with E-state index in [4.69, 9.17) is 14.2 Å². The van der Waals surface area contributed by atoms with Gasteiger partial charge in [-0.1, -0.05) is 30.3 Å². The molecular formula is C18H25NO6S. The zero-order chi connectivity index (χ0) is 18.8. The molecule has 7 nitrogen and oxygen atoms in total. The molecule has 0 spiro atoms. The quantitative estimate of drug-likeness (QED) is 0.830. The van der Waals surface area contributed by atoms with Crippen molar-refractivity contribution in [3.8, 4) is 0 Å². The van der Waals surface area contributed by atoms with E-state index in [1.165, 1.54) is 0 Å². The maximum atomic E-state index is 12.6. The molecule has 0 saturated carbocycles. The Kier molecular flexibility index (Phi) is 5.67. The van der Waals surface area contributed by atoms with Crippen LogP contribution >= 0.6 is 0 Å². The maximum absolute atomic E-state index is 12.6. The fourth-order valence-electron chi connectivity index (χ4n) is 3.34. The molecule has 1 aromatic carbocycles. The van der Waals surface area contributed by atoms with E-state index in [-0.39, 0.29) is 18.0 Å². The highest BCUT2D eigenvalue weighted by Gasteiger charge is 2.38. The Hall–Kier alpha value is -1.48. The normalized spacial score (nSPS) is 28.6. The zero-order valence-electron chi connectivity index (χ0n) is 15.0. The van der Waals surface area contributed by atoms with E-state index in [9.17, 15) is 13.2 Å². The van der Waals surface area contributed by atoms with Gasteiger partial charge in [0.1, 0.15) is 6.10 Å². The lowest BCUT2D eigenvalue weighted by Crippen LogP contribution is -2.48. The van der Waals surface area contributed by atoms with E-state index in [1.54, 1.807) is 0 Å². The van der Waals surface area contributed by atoms with Crippen LogP contribution in [0.1, 0.15) is 38.4 Å². The van der Waals surface area contributed by atoms with Crippen LogP contribution < -0.4 is 4.72 Å². The van der Waals surface area contributed by atoms with E-state index < -0.39 is 34.2 Å². The Morgan fingerprint density at radius 1 is 1.19 bits per heavy atom. The number of sulfonamides is 1. The van der Waals surface area contributed by atoms with Crippen molar-refractivity contribution in [1.29, 1.82) is 0 Å². The van der Waals surface area contributed by atoms with Crippen LogP contribution in [-0.2, 0) is 29.0 Å². The fourth-order valence-corrected chi connectivity index (χ4v) is 4.57. The first-order valence-corrected chi connectivity index (χ1v) is 10.4. The van der Waals surface area contributed by atoms with Gasteiger partial charge < -0.3 is 14.2 Å². The molecule has 0 radical (unpaired) electrons. The SMILES string of the molecule is CC1(C)CCC(CS(=O)(=O)NC(=O)[C@@H]2OCCO[C@@H]2c2ccccc2)O1. The van der Waals surface area contributed by atoms with Crippen LogP contribution in [-0.4, -0.2) is 51.1 Å². The van der Waals surface area contributed by atoms with E-state index in [0.29, 0.717) is 13.0 Å². The number of carbonyl (C=O) groups is 1. The van der Waals surface area contributed by atoms with Crippen LogP contribution in [0.4, 0.5) is 0 Å². The van der Waals surface area contributed by atoms with Crippen molar-refractivity contribution in [2.24, 2.45) is 0 Å². The number of carbonyl (C=O) groups excluding carboxylic acids is 1. The van der Waals surface area contributed by atoms with E-state index in [0.717, 1.165) is 12.0 Å². The number of nitrogens with one attached hydrogen (secondary N) is 1. The monoisotopic (exact) mass is 383 g/mol. The summed E-state index contributed by atoms with van der Waals surface area (Å²) in [7, 11) is -3.83. The Labute approximate surface area is 154 Å². The summed E-state index contributed by atoms with van der Waals surface area (Å²) < 4.78 is 43.8. The summed E-state index contributed by atoms with van der Waals surface area (Å²) in [4.78, 5) is 12.6. The van der Waals surface area contributed by atoms with Gasteiger partial charge in [0.25, 0.3) is 5.91 Å². The zero-order valence-corrected chi connectivity index (χ0v) is 15.8. The van der Waals surface area contributed by atoms with Crippen LogP contribution in [0.5, 0.6) is 0 Å². The first-order valence-electron chi connectivity index (χ1n) is 8.76. The number of benzene rings is 1. The molecule has 2 aliphatic rings. The first kappa shape index (κ1) is 19.3. The molecule has 2 heterocycles. The van der Waals surface area contributed by atoms with Crippen molar-refractivity contribution in [3.63, 3.8) is 0 Å². The molecule has 0 aromatic heterocycles. The van der Waals surface area contributed by atoms with Crippen molar-refractivity contribution >= 4 is 15.9 Å². The third-order valence-corrected chi connectivity index (χ3v) is 5.88. The van der Waals surface area contributed by atoms with Crippen LogP contribution in [0.3, 0.4) is 0 Å². The lowest BCUT2D eigenvalue weighted by Gasteiger charge is -2.31. The molecule has 3 rings (SSSR count). The Bertz CT molecular complexity index is 733. The Morgan fingerprint density at radius 3 is 2.54 bits per heavy atom. The molecule has 1 N–H and O–H groups in total. The van der Waals surface area contributed by atoms with Gasteiger partial charge in [-0.3, -0.25) is 9.52 Å². The van der Waals surface area contributed by atoms with Crippen molar-refractivity contribution in [3.05, 3.63) is 35.9 Å². The van der Waals surface area contributed by atoms with Gasteiger partial charge in [-0.15, -0.1) is 0 Å². The van der Waals surface area contributed by atoms with Gasteiger partial charge in [0.2, 0.25) is 10.0 Å². The molecule has 1 amide bonds. The van der Waals surface area contributed by atoms with Gasteiger partial charge in [-0.2, -0.15) is 0 Å². The fraction of sp³-hybridized carbons (Fsp3) is 0.611. The molecule has 1 unspecified atom stereocenters. The largest absolute Gasteiger partial charge is 0.371 e. The summed E-state index contributed by atoms with van der Waals surface area (Å²) in [6.45, 7) is 4.44. The molecular weight excluding hydrogens is 358 g/mol. The average molecular weight is 383 g/mol. The highest BCUT2D eigenvalue weighted by molar-refractivity contribution is 7.90. The van der Waals surface area contributed by atoms with E-state index in [2.05, 4.69) is 4.72 Å². The number of ether oxygens (including phenoxy) is 3. The lowest BCUT2D eigenvalue weighted by molar-refractivity contribution is -0.165. The second-order valence-electron chi connectivity index (χ2n) is 7.28. The molecule has 1 aromatic rings. The summed E-state index contributed by atoms with van der Waals surface area (Å²) in [5, 5.41) is 0. The minimum absolute atomic E-state index is 0.237. The van der Waals surface area contributed by atoms with Gasteiger partial charge in [-0.25, -0.2) is 8.42 Å². The summed E-state index contributed by atoms with van der Waals surface area (Å²) in [6.07, 6.45) is -0.624. The molecule has 2 aliphatic heterocycles. The molecule has 144 valence electrons. The van der Waals surface area contributed by atoms with Crippen molar-refractivity contribution in [2.45, 2.75) is 50.6 Å². The van der Waals surface area contributed by atoms with E-state index >= 15 is 0 Å². The van der Waals surface area contributed by atoms with Gasteiger partial charge >= 0.3 is 0 Å². The van der Waals surface area contributed by atoms with Gasteiger partial charge in [0.05, 0.1) is 30.7 Å².